The summed E-state index contributed by atoms with van der Waals surface area (Å²) in [5.74, 6) is 0.838. The highest BCUT2D eigenvalue weighted by atomic mass is 16.5. The summed E-state index contributed by atoms with van der Waals surface area (Å²) < 4.78 is 5.48. The van der Waals surface area contributed by atoms with Crippen molar-refractivity contribution in [2.75, 3.05) is 32.8 Å². The zero-order valence-electron chi connectivity index (χ0n) is 10.2. The number of nitrogens with one attached hydrogen (secondary N) is 2. The molecule has 0 radical (unpaired) electrons. The third kappa shape index (κ3) is 6.88. The van der Waals surface area contributed by atoms with Gasteiger partial charge in [-0.2, -0.15) is 0 Å². The Labute approximate surface area is 94.0 Å². The first-order chi connectivity index (χ1) is 7.29. The zero-order chi connectivity index (χ0) is 10.9. The standard InChI is InChI=1S/C12H26N2O/c1-11(2)15-8-4-7-14-10-12-5-3-6-13-9-12/h11-14H,3-10H2,1-2H3. The fourth-order valence-corrected chi connectivity index (χ4v) is 1.92. The van der Waals surface area contributed by atoms with E-state index in [0.717, 1.165) is 32.0 Å². The Kier molecular flexibility index (Phi) is 6.98. The molecule has 0 aromatic heterocycles. The molecule has 1 aliphatic rings. The molecule has 1 fully saturated rings. The second kappa shape index (κ2) is 8.08. The largest absolute Gasteiger partial charge is 0.379 e. The Bertz CT molecular complexity index is 145. The van der Waals surface area contributed by atoms with Gasteiger partial charge in [0.05, 0.1) is 6.10 Å². The molecule has 3 heteroatoms. The molecule has 1 rings (SSSR count). The third-order valence-electron chi connectivity index (χ3n) is 2.78. The van der Waals surface area contributed by atoms with Crippen LogP contribution in [0.15, 0.2) is 0 Å². The summed E-state index contributed by atoms with van der Waals surface area (Å²) in [6, 6.07) is 0. The average molecular weight is 214 g/mol. The molecule has 0 aromatic carbocycles. The molecular formula is C12H26N2O. The van der Waals surface area contributed by atoms with Crippen LogP contribution in [0, 0.1) is 5.92 Å². The van der Waals surface area contributed by atoms with Crippen LogP contribution in [-0.4, -0.2) is 38.9 Å². The number of ether oxygens (including phenoxy) is 1. The van der Waals surface area contributed by atoms with Gasteiger partial charge in [-0.25, -0.2) is 0 Å². The van der Waals surface area contributed by atoms with E-state index in [9.17, 15) is 0 Å². The number of rotatable bonds is 7. The van der Waals surface area contributed by atoms with Crippen molar-refractivity contribution in [2.24, 2.45) is 5.92 Å². The number of hydrogen-bond donors (Lipinski definition) is 2. The van der Waals surface area contributed by atoms with Crippen molar-refractivity contribution >= 4 is 0 Å². The Morgan fingerprint density at radius 2 is 2.33 bits per heavy atom. The molecule has 1 atom stereocenters. The van der Waals surface area contributed by atoms with Crippen molar-refractivity contribution in [1.82, 2.24) is 10.6 Å². The van der Waals surface area contributed by atoms with E-state index < -0.39 is 0 Å². The Balaban J connectivity index is 1.83. The fraction of sp³-hybridized carbons (Fsp3) is 1.00. The van der Waals surface area contributed by atoms with E-state index >= 15 is 0 Å². The second-order valence-electron chi connectivity index (χ2n) is 4.69. The average Bonchev–Trinajstić information content (AvgIpc) is 2.24. The van der Waals surface area contributed by atoms with Gasteiger partial charge in [0.1, 0.15) is 0 Å². The molecule has 1 unspecified atom stereocenters. The minimum absolute atomic E-state index is 0.368. The van der Waals surface area contributed by atoms with Crippen LogP contribution in [0.3, 0.4) is 0 Å². The predicted octanol–water partition coefficient (Wildman–Crippen LogP) is 1.39. The Morgan fingerprint density at radius 3 is 3.00 bits per heavy atom. The highest BCUT2D eigenvalue weighted by Crippen LogP contribution is 2.07. The van der Waals surface area contributed by atoms with E-state index in [0.29, 0.717) is 6.10 Å². The summed E-state index contributed by atoms with van der Waals surface area (Å²) in [7, 11) is 0. The first-order valence-corrected chi connectivity index (χ1v) is 6.32. The first kappa shape index (κ1) is 12.9. The number of piperidine rings is 1. The van der Waals surface area contributed by atoms with E-state index in [2.05, 4.69) is 24.5 Å². The zero-order valence-corrected chi connectivity index (χ0v) is 10.2. The Hall–Kier alpha value is -0.120. The summed E-state index contributed by atoms with van der Waals surface area (Å²) in [6.07, 6.45) is 4.21. The molecule has 0 aromatic rings. The van der Waals surface area contributed by atoms with Gasteiger partial charge in [-0.1, -0.05) is 0 Å². The molecule has 2 N–H and O–H groups in total. The van der Waals surface area contributed by atoms with Crippen LogP contribution < -0.4 is 10.6 Å². The van der Waals surface area contributed by atoms with Gasteiger partial charge in [-0.15, -0.1) is 0 Å². The molecule has 0 bridgehead atoms. The smallest absolute Gasteiger partial charge is 0.0518 e. The molecule has 1 heterocycles. The quantitative estimate of drug-likeness (QED) is 0.628. The summed E-state index contributed by atoms with van der Waals surface area (Å²) >= 11 is 0. The lowest BCUT2D eigenvalue weighted by molar-refractivity contribution is 0.0769. The summed E-state index contributed by atoms with van der Waals surface area (Å²) in [5, 5.41) is 6.95. The topological polar surface area (TPSA) is 33.3 Å². The van der Waals surface area contributed by atoms with Crippen LogP contribution in [0.4, 0.5) is 0 Å². The van der Waals surface area contributed by atoms with Gasteiger partial charge >= 0.3 is 0 Å². The molecular weight excluding hydrogens is 188 g/mol. The van der Waals surface area contributed by atoms with Crippen LogP contribution >= 0.6 is 0 Å². The van der Waals surface area contributed by atoms with Crippen LogP contribution in [0.5, 0.6) is 0 Å². The van der Waals surface area contributed by atoms with Crippen molar-refractivity contribution in [3.8, 4) is 0 Å². The van der Waals surface area contributed by atoms with Gasteiger partial charge in [0.2, 0.25) is 0 Å². The lowest BCUT2D eigenvalue weighted by atomic mass is 10.00. The molecule has 1 saturated heterocycles. The second-order valence-corrected chi connectivity index (χ2v) is 4.69. The van der Waals surface area contributed by atoms with Crippen LogP contribution in [0.25, 0.3) is 0 Å². The minimum Gasteiger partial charge on any atom is -0.379 e. The summed E-state index contributed by atoms with van der Waals surface area (Å²) in [5.41, 5.74) is 0. The molecule has 15 heavy (non-hydrogen) atoms. The van der Waals surface area contributed by atoms with Gasteiger partial charge in [0.15, 0.2) is 0 Å². The minimum atomic E-state index is 0.368. The molecule has 0 saturated carbocycles. The summed E-state index contributed by atoms with van der Waals surface area (Å²) in [4.78, 5) is 0. The highest BCUT2D eigenvalue weighted by molar-refractivity contribution is 4.70. The normalized spacial score (nSPS) is 22.2. The van der Waals surface area contributed by atoms with Gasteiger partial charge in [-0.3, -0.25) is 0 Å². The maximum Gasteiger partial charge on any atom is 0.0518 e. The van der Waals surface area contributed by atoms with Crippen LogP contribution in [0.1, 0.15) is 33.1 Å². The predicted molar refractivity (Wildman–Crippen MR) is 64.2 cm³/mol. The SMILES string of the molecule is CC(C)OCCCNCC1CCCNC1. The molecule has 3 nitrogen and oxygen atoms in total. The van der Waals surface area contributed by atoms with Crippen molar-refractivity contribution in [3.05, 3.63) is 0 Å². The van der Waals surface area contributed by atoms with Crippen LogP contribution in [-0.2, 0) is 4.74 Å². The number of hydrogen-bond acceptors (Lipinski definition) is 3. The Morgan fingerprint density at radius 1 is 1.47 bits per heavy atom. The van der Waals surface area contributed by atoms with Crippen molar-refractivity contribution in [1.29, 1.82) is 0 Å². The van der Waals surface area contributed by atoms with E-state index in [4.69, 9.17) is 4.74 Å². The monoisotopic (exact) mass is 214 g/mol. The fourth-order valence-electron chi connectivity index (χ4n) is 1.92. The van der Waals surface area contributed by atoms with Gasteiger partial charge < -0.3 is 15.4 Å². The third-order valence-corrected chi connectivity index (χ3v) is 2.78. The van der Waals surface area contributed by atoms with Crippen molar-refractivity contribution in [2.45, 2.75) is 39.2 Å². The molecule has 90 valence electrons. The van der Waals surface area contributed by atoms with E-state index in [1.165, 1.54) is 25.9 Å². The van der Waals surface area contributed by atoms with E-state index in [1.807, 2.05) is 0 Å². The molecule has 0 spiro atoms. The lowest BCUT2D eigenvalue weighted by Gasteiger charge is -2.22. The van der Waals surface area contributed by atoms with E-state index in [1.54, 1.807) is 0 Å². The maximum absolute atomic E-state index is 5.48. The summed E-state index contributed by atoms with van der Waals surface area (Å²) in [6.45, 7) is 9.70. The van der Waals surface area contributed by atoms with Gasteiger partial charge in [0.25, 0.3) is 0 Å². The highest BCUT2D eigenvalue weighted by Gasteiger charge is 2.11. The molecule has 0 amide bonds. The lowest BCUT2D eigenvalue weighted by Crippen LogP contribution is -2.36. The van der Waals surface area contributed by atoms with Gasteiger partial charge in [0, 0.05) is 6.61 Å². The maximum atomic E-state index is 5.48. The van der Waals surface area contributed by atoms with E-state index in [-0.39, 0.29) is 0 Å². The molecule has 0 aliphatic carbocycles. The molecule has 1 aliphatic heterocycles. The van der Waals surface area contributed by atoms with Crippen molar-refractivity contribution in [3.63, 3.8) is 0 Å². The van der Waals surface area contributed by atoms with Gasteiger partial charge in [-0.05, 0) is 65.2 Å². The van der Waals surface area contributed by atoms with Crippen molar-refractivity contribution < 1.29 is 4.74 Å². The first-order valence-electron chi connectivity index (χ1n) is 6.32. The van der Waals surface area contributed by atoms with Crippen LogP contribution in [0.2, 0.25) is 0 Å².